The van der Waals surface area contributed by atoms with E-state index in [9.17, 15) is 10.1 Å². The van der Waals surface area contributed by atoms with E-state index in [1.165, 1.54) is 12.1 Å². The van der Waals surface area contributed by atoms with Crippen LogP contribution in [-0.2, 0) is 0 Å². The van der Waals surface area contributed by atoms with Gasteiger partial charge in [0.05, 0.1) is 27.9 Å². The Bertz CT molecular complexity index is 775. The van der Waals surface area contributed by atoms with Gasteiger partial charge in [0, 0.05) is 12.1 Å². The summed E-state index contributed by atoms with van der Waals surface area (Å²) in [6, 6.07) is 13.7. The fourth-order valence-corrected chi connectivity index (χ4v) is 1.86. The van der Waals surface area contributed by atoms with E-state index in [0.717, 1.165) is 11.0 Å². The largest absolute Gasteiger partial charge is 0.337 e. The maximum absolute atomic E-state index is 10.5. The van der Waals surface area contributed by atoms with Gasteiger partial charge in [0.2, 0.25) is 0 Å². The molecular formula is C14H11N5O2. The lowest BCUT2D eigenvalue weighted by Gasteiger charge is -1.98. The molecule has 104 valence electrons. The van der Waals surface area contributed by atoms with Crippen molar-refractivity contribution in [2.75, 3.05) is 5.43 Å². The van der Waals surface area contributed by atoms with Crippen LogP contribution in [-0.4, -0.2) is 21.1 Å². The average molecular weight is 281 g/mol. The number of imidazole rings is 1. The minimum Gasteiger partial charge on any atom is -0.337 e. The standard InChI is InChI=1S/C14H11N5O2/c20-19(21)11-7-5-10(6-8-11)18-15-9-14-16-12-3-1-2-4-13(12)17-14/h1-9,18H,(H,16,17)/b15-9-. The van der Waals surface area contributed by atoms with E-state index in [0.29, 0.717) is 11.5 Å². The number of hydrazone groups is 1. The molecule has 0 atom stereocenters. The monoisotopic (exact) mass is 281 g/mol. The molecule has 0 aliphatic carbocycles. The van der Waals surface area contributed by atoms with Crippen LogP contribution in [0.5, 0.6) is 0 Å². The third kappa shape index (κ3) is 2.86. The minimum absolute atomic E-state index is 0.0433. The third-order valence-electron chi connectivity index (χ3n) is 2.87. The Morgan fingerprint density at radius 3 is 2.67 bits per heavy atom. The quantitative estimate of drug-likeness (QED) is 0.436. The Morgan fingerprint density at radius 2 is 1.95 bits per heavy atom. The van der Waals surface area contributed by atoms with Crippen LogP contribution in [0.2, 0.25) is 0 Å². The van der Waals surface area contributed by atoms with Crippen molar-refractivity contribution in [3.8, 4) is 0 Å². The number of nitrogens with one attached hydrogen (secondary N) is 2. The van der Waals surface area contributed by atoms with Gasteiger partial charge in [0.1, 0.15) is 0 Å². The van der Waals surface area contributed by atoms with Crippen molar-refractivity contribution in [3.63, 3.8) is 0 Å². The molecule has 0 bridgehead atoms. The normalized spacial score (nSPS) is 11.0. The van der Waals surface area contributed by atoms with E-state index in [-0.39, 0.29) is 5.69 Å². The highest BCUT2D eigenvalue weighted by Crippen LogP contribution is 2.15. The van der Waals surface area contributed by atoms with Gasteiger partial charge < -0.3 is 4.98 Å². The number of anilines is 1. The first kappa shape index (κ1) is 12.8. The summed E-state index contributed by atoms with van der Waals surface area (Å²) in [5, 5.41) is 14.6. The summed E-state index contributed by atoms with van der Waals surface area (Å²) in [6.45, 7) is 0. The van der Waals surface area contributed by atoms with Crippen molar-refractivity contribution >= 4 is 28.6 Å². The summed E-state index contributed by atoms with van der Waals surface area (Å²) < 4.78 is 0. The van der Waals surface area contributed by atoms with Gasteiger partial charge in [-0.3, -0.25) is 15.5 Å². The number of non-ortho nitro benzene ring substituents is 1. The lowest BCUT2D eigenvalue weighted by molar-refractivity contribution is -0.384. The van der Waals surface area contributed by atoms with Crippen LogP contribution >= 0.6 is 0 Å². The minimum atomic E-state index is -0.443. The maximum Gasteiger partial charge on any atom is 0.269 e. The highest BCUT2D eigenvalue weighted by atomic mass is 16.6. The van der Waals surface area contributed by atoms with Gasteiger partial charge in [-0.15, -0.1) is 0 Å². The molecule has 0 spiro atoms. The average Bonchev–Trinajstić information content (AvgIpc) is 2.90. The summed E-state index contributed by atoms with van der Waals surface area (Å²) in [6.07, 6.45) is 1.56. The second kappa shape index (κ2) is 5.41. The lowest BCUT2D eigenvalue weighted by atomic mass is 10.3. The molecule has 0 aliphatic rings. The first-order valence-electron chi connectivity index (χ1n) is 6.21. The number of nitro groups is 1. The van der Waals surface area contributed by atoms with Crippen LogP contribution in [0.15, 0.2) is 53.6 Å². The number of hydrogen-bond acceptors (Lipinski definition) is 5. The molecule has 0 saturated carbocycles. The number of para-hydroxylation sites is 2. The second-order valence-corrected chi connectivity index (χ2v) is 4.31. The molecule has 21 heavy (non-hydrogen) atoms. The van der Waals surface area contributed by atoms with E-state index < -0.39 is 4.92 Å². The molecule has 0 aliphatic heterocycles. The summed E-state index contributed by atoms with van der Waals surface area (Å²) in [4.78, 5) is 17.6. The summed E-state index contributed by atoms with van der Waals surface area (Å²) in [5.74, 6) is 0.630. The van der Waals surface area contributed by atoms with E-state index in [1.54, 1.807) is 18.3 Å². The molecule has 2 aromatic carbocycles. The Balaban J connectivity index is 1.70. The van der Waals surface area contributed by atoms with Crippen LogP contribution in [0.1, 0.15) is 5.82 Å². The highest BCUT2D eigenvalue weighted by Gasteiger charge is 2.03. The zero-order valence-corrected chi connectivity index (χ0v) is 10.9. The molecule has 2 N–H and O–H groups in total. The summed E-state index contributed by atoms with van der Waals surface area (Å²) >= 11 is 0. The first-order valence-corrected chi connectivity index (χ1v) is 6.21. The fraction of sp³-hybridized carbons (Fsp3) is 0. The van der Waals surface area contributed by atoms with E-state index in [4.69, 9.17) is 0 Å². The maximum atomic E-state index is 10.5. The molecule has 0 radical (unpaired) electrons. The smallest absolute Gasteiger partial charge is 0.269 e. The number of benzene rings is 2. The van der Waals surface area contributed by atoms with Crippen molar-refractivity contribution < 1.29 is 4.92 Å². The molecule has 0 saturated heterocycles. The first-order chi connectivity index (χ1) is 10.2. The number of hydrogen-bond donors (Lipinski definition) is 2. The molecule has 1 heterocycles. The number of aromatic amines is 1. The van der Waals surface area contributed by atoms with E-state index >= 15 is 0 Å². The molecule has 3 rings (SSSR count). The Labute approximate surface area is 119 Å². The number of aromatic nitrogens is 2. The Hall–Kier alpha value is -3.22. The Kier molecular flexibility index (Phi) is 3.30. The molecule has 0 fully saturated rings. The summed E-state index contributed by atoms with van der Waals surface area (Å²) in [7, 11) is 0. The van der Waals surface area contributed by atoms with Gasteiger partial charge >= 0.3 is 0 Å². The van der Waals surface area contributed by atoms with Gasteiger partial charge in [0.15, 0.2) is 5.82 Å². The molecular weight excluding hydrogens is 270 g/mol. The van der Waals surface area contributed by atoms with Crippen molar-refractivity contribution in [1.82, 2.24) is 9.97 Å². The van der Waals surface area contributed by atoms with E-state index in [1.807, 2.05) is 24.3 Å². The molecule has 0 unspecified atom stereocenters. The van der Waals surface area contributed by atoms with Crippen molar-refractivity contribution in [2.24, 2.45) is 5.10 Å². The van der Waals surface area contributed by atoms with E-state index in [2.05, 4.69) is 20.5 Å². The topological polar surface area (TPSA) is 96.2 Å². The predicted octanol–water partition coefficient (Wildman–Crippen LogP) is 2.92. The highest BCUT2D eigenvalue weighted by molar-refractivity contribution is 5.84. The number of nitro benzene ring substituents is 1. The molecule has 7 nitrogen and oxygen atoms in total. The van der Waals surface area contributed by atoms with Crippen LogP contribution in [0.25, 0.3) is 11.0 Å². The van der Waals surface area contributed by atoms with Crippen LogP contribution in [0.3, 0.4) is 0 Å². The Morgan fingerprint density at radius 1 is 1.19 bits per heavy atom. The fourth-order valence-electron chi connectivity index (χ4n) is 1.86. The zero-order chi connectivity index (χ0) is 14.7. The third-order valence-corrected chi connectivity index (χ3v) is 2.87. The number of rotatable bonds is 4. The second-order valence-electron chi connectivity index (χ2n) is 4.31. The number of nitrogens with zero attached hydrogens (tertiary/aromatic N) is 3. The van der Waals surface area contributed by atoms with Crippen LogP contribution in [0.4, 0.5) is 11.4 Å². The lowest BCUT2D eigenvalue weighted by Crippen LogP contribution is -1.93. The molecule has 1 aromatic heterocycles. The van der Waals surface area contributed by atoms with Gasteiger partial charge in [-0.1, -0.05) is 12.1 Å². The predicted molar refractivity (Wildman–Crippen MR) is 80.4 cm³/mol. The van der Waals surface area contributed by atoms with Crippen LogP contribution < -0.4 is 5.43 Å². The van der Waals surface area contributed by atoms with Gasteiger partial charge in [-0.05, 0) is 24.3 Å². The van der Waals surface area contributed by atoms with Crippen molar-refractivity contribution in [3.05, 3.63) is 64.5 Å². The van der Waals surface area contributed by atoms with Crippen molar-refractivity contribution in [2.45, 2.75) is 0 Å². The molecule has 7 heteroatoms. The summed E-state index contributed by atoms with van der Waals surface area (Å²) in [5.41, 5.74) is 5.30. The molecule has 0 amide bonds. The zero-order valence-electron chi connectivity index (χ0n) is 10.9. The van der Waals surface area contributed by atoms with Crippen LogP contribution in [0, 0.1) is 10.1 Å². The van der Waals surface area contributed by atoms with Crippen molar-refractivity contribution in [1.29, 1.82) is 0 Å². The van der Waals surface area contributed by atoms with Gasteiger partial charge in [-0.2, -0.15) is 5.10 Å². The van der Waals surface area contributed by atoms with Gasteiger partial charge in [-0.25, -0.2) is 4.98 Å². The SMILES string of the molecule is O=[N+]([O-])c1ccc(N/N=C\c2nc3ccccc3[nH]2)cc1. The molecule has 3 aromatic rings. The van der Waals surface area contributed by atoms with Gasteiger partial charge in [0.25, 0.3) is 5.69 Å². The number of fused-ring (bicyclic) bond motifs is 1. The number of H-pyrrole nitrogens is 1.